The molecule has 0 radical (unpaired) electrons. The van der Waals surface area contributed by atoms with Crippen molar-refractivity contribution in [1.82, 2.24) is 10.2 Å². The van der Waals surface area contributed by atoms with E-state index in [-0.39, 0.29) is 12.1 Å². The van der Waals surface area contributed by atoms with E-state index in [2.05, 4.69) is 15.2 Å². The molecule has 0 unspecified atom stereocenters. The fraction of sp³-hybridized carbons (Fsp3) is 0.889. The van der Waals surface area contributed by atoms with Gasteiger partial charge >= 0.3 is 5.97 Å². The SMILES string of the molecule is CN=C(NCCCC(=O)OC1CCCC1)N(C)CCOCC1CC1. The second-order valence-electron chi connectivity index (χ2n) is 6.91. The number of carbonyl (C=O) groups is 1. The highest BCUT2D eigenvalue weighted by Crippen LogP contribution is 2.28. The third-order valence-electron chi connectivity index (χ3n) is 4.64. The lowest BCUT2D eigenvalue weighted by molar-refractivity contribution is -0.148. The van der Waals surface area contributed by atoms with Crippen molar-refractivity contribution in [3.63, 3.8) is 0 Å². The van der Waals surface area contributed by atoms with Crippen molar-refractivity contribution in [2.45, 2.75) is 57.5 Å². The van der Waals surface area contributed by atoms with Gasteiger partial charge < -0.3 is 19.7 Å². The van der Waals surface area contributed by atoms with Crippen LogP contribution in [0.5, 0.6) is 0 Å². The van der Waals surface area contributed by atoms with Crippen LogP contribution < -0.4 is 5.32 Å². The number of carbonyl (C=O) groups excluding carboxylic acids is 1. The number of hydrogen-bond donors (Lipinski definition) is 1. The topological polar surface area (TPSA) is 63.2 Å². The zero-order chi connectivity index (χ0) is 17.2. The van der Waals surface area contributed by atoms with Gasteiger partial charge in [0.1, 0.15) is 6.10 Å². The second-order valence-corrected chi connectivity index (χ2v) is 6.91. The number of nitrogens with one attached hydrogen (secondary N) is 1. The van der Waals surface area contributed by atoms with Crippen LogP contribution >= 0.6 is 0 Å². The third kappa shape index (κ3) is 7.51. The molecule has 1 N–H and O–H groups in total. The molecule has 2 fully saturated rings. The van der Waals surface area contributed by atoms with Crippen LogP contribution in [0, 0.1) is 5.92 Å². The zero-order valence-electron chi connectivity index (χ0n) is 15.3. The van der Waals surface area contributed by atoms with Crippen molar-refractivity contribution in [2.24, 2.45) is 10.9 Å². The fourth-order valence-electron chi connectivity index (χ4n) is 2.91. The van der Waals surface area contributed by atoms with Gasteiger partial charge in [-0.3, -0.25) is 9.79 Å². The van der Waals surface area contributed by atoms with Crippen LogP contribution in [0.3, 0.4) is 0 Å². The molecule has 0 saturated heterocycles. The summed E-state index contributed by atoms with van der Waals surface area (Å²) in [5.41, 5.74) is 0. The quantitative estimate of drug-likeness (QED) is 0.286. The minimum absolute atomic E-state index is 0.0690. The molecule has 0 heterocycles. The smallest absolute Gasteiger partial charge is 0.306 e. The monoisotopic (exact) mass is 339 g/mol. The van der Waals surface area contributed by atoms with E-state index >= 15 is 0 Å². The van der Waals surface area contributed by atoms with Crippen molar-refractivity contribution in [3.05, 3.63) is 0 Å². The summed E-state index contributed by atoms with van der Waals surface area (Å²) in [6, 6.07) is 0. The molecule has 0 aliphatic heterocycles. The summed E-state index contributed by atoms with van der Waals surface area (Å²) in [5, 5.41) is 3.29. The maximum atomic E-state index is 11.8. The van der Waals surface area contributed by atoms with Gasteiger partial charge in [0.2, 0.25) is 0 Å². The van der Waals surface area contributed by atoms with Gasteiger partial charge in [-0.05, 0) is 50.9 Å². The lowest BCUT2D eigenvalue weighted by Crippen LogP contribution is -2.41. The third-order valence-corrected chi connectivity index (χ3v) is 4.64. The van der Waals surface area contributed by atoms with E-state index < -0.39 is 0 Å². The van der Waals surface area contributed by atoms with Crippen LogP contribution in [0.15, 0.2) is 4.99 Å². The average Bonchev–Trinajstić information content (AvgIpc) is 3.26. The largest absolute Gasteiger partial charge is 0.462 e. The van der Waals surface area contributed by atoms with E-state index in [1.165, 1.54) is 25.7 Å². The van der Waals surface area contributed by atoms with E-state index in [1.807, 2.05) is 7.05 Å². The summed E-state index contributed by atoms with van der Waals surface area (Å²) < 4.78 is 11.1. The summed E-state index contributed by atoms with van der Waals surface area (Å²) in [6.07, 6.45) is 8.48. The number of likely N-dealkylation sites (N-methyl/N-ethyl adjacent to an activating group) is 1. The highest BCUT2D eigenvalue weighted by Gasteiger charge is 2.21. The van der Waals surface area contributed by atoms with Crippen LogP contribution in [0.25, 0.3) is 0 Å². The number of hydrogen-bond acceptors (Lipinski definition) is 4. The maximum Gasteiger partial charge on any atom is 0.306 e. The number of aliphatic imine (C=N–C) groups is 1. The normalized spacial score (nSPS) is 18.7. The first kappa shape index (κ1) is 19.0. The molecule has 0 aromatic carbocycles. The van der Waals surface area contributed by atoms with Crippen LogP contribution in [0.4, 0.5) is 0 Å². The molecule has 0 aromatic rings. The Balaban J connectivity index is 1.50. The molecule has 0 atom stereocenters. The summed E-state index contributed by atoms with van der Waals surface area (Å²) in [4.78, 5) is 18.1. The number of esters is 1. The highest BCUT2D eigenvalue weighted by atomic mass is 16.5. The van der Waals surface area contributed by atoms with Crippen molar-refractivity contribution in [1.29, 1.82) is 0 Å². The Labute approximate surface area is 146 Å². The Bertz CT molecular complexity index is 404. The molecule has 138 valence electrons. The van der Waals surface area contributed by atoms with Gasteiger partial charge in [-0.15, -0.1) is 0 Å². The molecule has 0 amide bonds. The molecule has 6 heteroatoms. The molecule has 24 heavy (non-hydrogen) atoms. The van der Waals surface area contributed by atoms with Gasteiger partial charge in [-0.2, -0.15) is 0 Å². The van der Waals surface area contributed by atoms with Crippen molar-refractivity contribution >= 4 is 11.9 Å². The standard InChI is InChI=1S/C18H33N3O3/c1-19-18(21(2)12-13-23-14-15-9-10-15)20-11-5-8-17(22)24-16-6-3-4-7-16/h15-16H,3-14H2,1-2H3,(H,19,20). The molecule has 0 spiro atoms. The molecule has 0 bridgehead atoms. The van der Waals surface area contributed by atoms with E-state index in [0.717, 1.165) is 57.4 Å². The Kier molecular flexibility index (Phi) is 8.36. The number of rotatable bonds is 10. The van der Waals surface area contributed by atoms with Crippen LogP contribution in [-0.4, -0.2) is 63.3 Å². The second kappa shape index (κ2) is 10.5. The number of guanidine groups is 1. The summed E-state index contributed by atoms with van der Waals surface area (Å²) in [7, 11) is 3.78. The Morgan fingerprint density at radius 3 is 2.67 bits per heavy atom. The van der Waals surface area contributed by atoms with Crippen molar-refractivity contribution in [3.8, 4) is 0 Å². The number of nitrogens with zero attached hydrogens (tertiary/aromatic N) is 2. The highest BCUT2D eigenvalue weighted by molar-refractivity contribution is 5.79. The number of ether oxygens (including phenoxy) is 2. The fourth-order valence-corrected chi connectivity index (χ4v) is 2.91. The predicted octanol–water partition coefficient (Wildman–Crippen LogP) is 2.19. The molecular formula is C18H33N3O3. The van der Waals surface area contributed by atoms with Gasteiger partial charge in [0.25, 0.3) is 0 Å². The Morgan fingerprint density at radius 2 is 2.00 bits per heavy atom. The molecular weight excluding hydrogens is 306 g/mol. The predicted molar refractivity (Wildman–Crippen MR) is 95.1 cm³/mol. The molecule has 2 rings (SSSR count). The van der Waals surface area contributed by atoms with Crippen LogP contribution in [-0.2, 0) is 14.3 Å². The molecule has 2 aliphatic carbocycles. The maximum absolute atomic E-state index is 11.8. The van der Waals surface area contributed by atoms with E-state index in [0.29, 0.717) is 6.42 Å². The minimum atomic E-state index is -0.0690. The molecule has 2 saturated carbocycles. The minimum Gasteiger partial charge on any atom is -0.462 e. The van der Waals surface area contributed by atoms with E-state index in [1.54, 1.807) is 7.05 Å². The van der Waals surface area contributed by atoms with E-state index in [9.17, 15) is 4.79 Å². The van der Waals surface area contributed by atoms with Crippen LogP contribution in [0.2, 0.25) is 0 Å². The molecule has 0 aromatic heterocycles. The first-order valence-corrected chi connectivity index (χ1v) is 9.38. The zero-order valence-corrected chi connectivity index (χ0v) is 15.3. The first-order valence-electron chi connectivity index (χ1n) is 9.38. The molecule has 2 aliphatic rings. The Hall–Kier alpha value is -1.30. The van der Waals surface area contributed by atoms with Gasteiger partial charge in [-0.1, -0.05) is 0 Å². The first-order chi connectivity index (χ1) is 11.7. The summed E-state index contributed by atoms with van der Waals surface area (Å²) in [5.74, 6) is 1.58. The van der Waals surface area contributed by atoms with Crippen molar-refractivity contribution in [2.75, 3.05) is 40.4 Å². The average molecular weight is 339 g/mol. The van der Waals surface area contributed by atoms with Gasteiger partial charge in [0, 0.05) is 40.2 Å². The van der Waals surface area contributed by atoms with Gasteiger partial charge in [-0.25, -0.2) is 0 Å². The lowest BCUT2D eigenvalue weighted by Gasteiger charge is -2.22. The van der Waals surface area contributed by atoms with Crippen LogP contribution in [0.1, 0.15) is 51.4 Å². The summed E-state index contributed by atoms with van der Waals surface area (Å²) >= 11 is 0. The lowest BCUT2D eigenvalue weighted by atomic mass is 10.3. The van der Waals surface area contributed by atoms with Gasteiger partial charge in [0.15, 0.2) is 5.96 Å². The van der Waals surface area contributed by atoms with Crippen molar-refractivity contribution < 1.29 is 14.3 Å². The van der Waals surface area contributed by atoms with Gasteiger partial charge in [0.05, 0.1) is 6.61 Å². The molecule has 6 nitrogen and oxygen atoms in total. The van der Waals surface area contributed by atoms with E-state index in [4.69, 9.17) is 9.47 Å². The Morgan fingerprint density at radius 1 is 1.25 bits per heavy atom. The summed E-state index contributed by atoms with van der Waals surface area (Å²) in [6.45, 7) is 3.15.